The first-order valence-corrected chi connectivity index (χ1v) is 5.95. The molecule has 4 heteroatoms. The summed E-state index contributed by atoms with van der Waals surface area (Å²) in [5, 5.41) is 11.7. The monoisotopic (exact) mass is 234 g/mol. The molecule has 0 amide bonds. The van der Waals surface area contributed by atoms with Gasteiger partial charge < -0.3 is 10.4 Å². The zero-order chi connectivity index (χ0) is 12.1. The molecule has 4 nitrogen and oxygen atoms in total. The Morgan fingerprint density at radius 1 is 1.41 bits per heavy atom. The van der Waals surface area contributed by atoms with E-state index in [9.17, 15) is 4.79 Å². The fraction of sp³-hybridized carbons (Fsp3) is 0.462. The van der Waals surface area contributed by atoms with Crippen LogP contribution >= 0.6 is 0 Å². The van der Waals surface area contributed by atoms with Crippen molar-refractivity contribution in [1.29, 1.82) is 0 Å². The van der Waals surface area contributed by atoms with Gasteiger partial charge >= 0.3 is 5.97 Å². The summed E-state index contributed by atoms with van der Waals surface area (Å²) in [6, 6.07) is 10.7. The fourth-order valence-corrected chi connectivity index (χ4v) is 2.22. The Bertz CT molecular complexity index is 367. The van der Waals surface area contributed by atoms with Crippen LogP contribution in [-0.4, -0.2) is 41.7 Å². The Balaban J connectivity index is 1.76. The normalized spacial score (nSPS) is 20.6. The molecule has 1 heterocycles. The van der Waals surface area contributed by atoms with Gasteiger partial charge in [0.1, 0.15) is 0 Å². The summed E-state index contributed by atoms with van der Waals surface area (Å²) in [4.78, 5) is 12.8. The van der Waals surface area contributed by atoms with E-state index in [1.54, 1.807) is 0 Å². The molecule has 2 N–H and O–H groups in total. The van der Waals surface area contributed by atoms with Crippen LogP contribution in [0, 0.1) is 0 Å². The summed E-state index contributed by atoms with van der Waals surface area (Å²) in [6.07, 6.45) is 1.03. The molecule has 1 atom stereocenters. The van der Waals surface area contributed by atoms with Crippen LogP contribution < -0.4 is 5.32 Å². The van der Waals surface area contributed by atoms with Crippen LogP contribution in [0.5, 0.6) is 0 Å². The van der Waals surface area contributed by atoms with E-state index in [4.69, 9.17) is 5.11 Å². The molecule has 1 aliphatic rings. The van der Waals surface area contributed by atoms with Gasteiger partial charge in [-0.2, -0.15) is 0 Å². The van der Waals surface area contributed by atoms with Crippen LogP contribution in [0.15, 0.2) is 30.3 Å². The van der Waals surface area contributed by atoms with Gasteiger partial charge in [0, 0.05) is 25.7 Å². The van der Waals surface area contributed by atoms with Crippen LogP contribution in [0.25, 0.3) is 0 Å². The molecule has 0 saturated carbocycles. The van der Waals surface area contributed by atoms with E-state index in [1.807, 2.05) is 18.2 Å². The van der Waals surface area contributed by atoms with Crippen molar-refractivity contribution in [3.63, 3.8) is 0 Å². The Kier molecular flexibility index (Phi) is 4.12. The Hall–Kier alpha value is -1.39. The SMILES string of the molecule is O=C(O)CN[C@@H]1CCN(Cc2ccccc2)C1. The number of benzene rings is 1. The van der Waals surface area contributed by atoms with E-state index < -0.39 is 5.97 Å². The predicted molar refractivity (Wildman–Crippen MR) is 65.8 cm³/mol. The van der Waals surface area contributed by atoms with E-state index in [2.05, 4.69) is 22.3 Å². The Morgan fingerprint density at radius 3 is 2.88 bits per heavy atom. The quantitative estimate of drug-likeness (QED) is 0.796. The van der Waals surface area contributed by atoms with Crippen molar-refractivity contribution in [2.45, 2.75) is 19.0 Å². The minimum Gasteiger partial charge on any atom is -0.480 e. The molecule has 0 spiro atoms. The maximum atomic E-state index is 10.5. The van der Waals surface area contributed by atoms with Crippen molar-refractivity contribution in [1.82, 2.24) is 10.2 Å². The lowest BCUT2D eigenvalue weighted by molar-refractivity contribution is -0.136. The predicted octanol–water partition coefficient (Wildman–Crippen LogP) is 0.935. The van der Waals surface area contributed by atoms with Gasteiger partial charge in [-0.15, -0.1) is 0 Å². The number of hydrogen-bond acceptors (Lipinski definition) is 3. The average molecular weight is 234 g/mol. The topological polar surface area (TPSA) is 52.6 Å². The molecular formula is C13H18N2O2. The summed E-state index contributed by atoms with van der Waals surface area (Å²) < 4.78 is 0. The van der Waals surface area contributed by atoms with Crippen LogP contribution in [0.2, 0.25) is 0 Å². The van der Waals surface area contributed by atoms with Crippen molar-refractivity contribution >= 4 is 5.97 Å². The largest absolute Gasteiger partial charge is 0.480 e. The summed E-state index contributed by atoms with van der Waals surface area (Å²) in [7, 11) is 0. The van der Waals surface area contributed by atoms with Crippen LogP contribution in [0.1, 0.15) is 12.0 Å². The summed E-state index contributed by atoms with van der Waals surface area (Å²) >= 11 is 0. The first-order chi connectivity index (χ1) is 8.24. The van der Waals surface area contributed by atoms with E-state index in [0.717, 1.165) is 26.1 Å². The maximum Gasteiger partial charge on any atom is 0.317 e. The van der Waals surface area contributed by atoms with Gasteiger partial charge in [-0.05, 0) is 12.0 Å². The zero-order valence-corrected chi connectivity index (χ0v) is 9.80. The highest BCUT2D eigenvalue weighted by molar-refractivity contribution is 5.69. The van der Waals surface area contributed by atoms with Gasteiger partial charge in [0.05, 0.1) is 6.54 Å². The molecule has 0 unspecified atom stereocenters. The first-order valence-electron chi connectivity index (χ1n) is 5.95. The Labute approximate surface area is 101 Å². The minimum atomic E-state index is -0.786. The average Bonchev–Trinajstić information content (AvgIpc) is 2.75. The number of carboxylic acids is 1. The Morgan fingerprint density at radius 2 is 2.18 bits per heavy atom. The molecule has 0 aliphatic carbocycles. The van der Waals surface area contributed by atoms with Gasteiger partial charge in [-0.25, -0.2) is 0 Å². The molecule has 2 rings (SSSR count). The fourth-order valence-electron chi connectivity index (χ4n) is 2.22. The number of nitrogens with one attached hydrogen (secondary N) is 1. The third-order valence-corrected chi connectivity index (χ3v) is 3.06. The van der Waals surface area contributed by atoms with E-state index in [0.29, 0.717) is 6.04 Å². The summed E-state index contributed by atoms with van der Waals surface area (Å²) in [5.74, 6) is -0.786. The highest BCUT2D eigenvalue weighted by Gasteiger charge is 2.22. The summed E-state index contributed by atoms with van der Waals surface area (Å²) in [5.41, 5.74) is 1.31. The lowest BCUT2D eigenvalue weighted by atomic mass is 10.2. The molecule has 1 aliphatic heterocycles. The molecular weight excluding hydrogens is 216 g/mol. The number of nitrogens with zero attached hydrogens (tertiary/aromatic N) is 1. The lowest BCUT2D eigenvalue weighted by Crippen LogP contribution is -2.35. The number of likely N-dealkylation sites (tertiary alicyclic amines) is 1. The third-order valence-electron chi connectivity index (χ3n) is 3.06. The molecule has 92 valence electrons. The molecule has 0 aromatic heterocycles. The van der Waals surface area contributed by atoms with E-state index in [-0.39, 0.29) is 6.54 Å². The van der Waals surface area contributed by atoms with Crippen LogP contribution in [-0.2, 0) is 11.3 Å². The van der Waals surface area contributed by atoms with E-state index >= 15 is 0 Å². The van der Waals surface area contributed by atoms with E-state index in [1.165, 1.54) is 5.56 Å². The second-order valence-electron chi connectivity index (χ2n) is 4.48. The van der Waals surface area contributed by atoms with Gasteiger partial charge in [-0.3, -0.25) is 9.69 Å². The van der Waals surface area contributed by atoms with Gasteiger partial charge in [0.15, 0.2) is 0 Å². The standard InChI is InChI=1S/C13H18N2O2/c16-13(17)8-14-12-6-7-15(10-12)9-11-4-2-1-3-5-11/h1-5,12,14H,6-10H2,(H,16,17)/t12-/m1/s1. The van der Waals surface area contributed by atoms with Crippen molar-refractivity contribution in [2.75, 3.05) is 19.6 Å². The lowest BCUT2D eigenvalue weighted by Gasteiger charge is -2.16. The number of hydrogen-bond donors (Lipinski definition) is 2. The summed E-state index contributed by atoms with van der Waals surface area (Å²) in [6.45, 7) is 2.98. The molecule has 0 bridgehead atoms. The molecule has 1 saturated heterocycles. The minimum absolute atomic E-state index is 0.0594. The first kappa shape index (κ1) is 12.1. The molecule has 1 fully saturated rings. The highest BCUT2D eigenvalue weighted by atomic mass is 16.4. The van der Waals surface area contributed by atoms with Crippen LogP contribution in [0.3, 0.4) is 0 Å². The van der Waals surface area contributed by atoms with Crippen molar-refractivity contribution < 1.29 is 9.90 Å². The molecule has 17 heavy (non-hydrogen) atoms. The number of carboxylic acid groups (broad SMARTS) is 1. The second-order valence-corrected chi connectivity index (χ2v) is 4.48. The number of carbonyl (C=O) groups is 1. The zero-order valence-electron chi connectivity index (χ0n) is 9.80. The van der Waals surface area contributed by atoms with Crippen molar-refractivity contribution in [3.05, 3.63) is 35.9 Å². The smallest absolute Gasteiger partial charge is 0.317 e. The van der Waals surface area contributed by atoms with Crippen molar-refractivity contribution in [2.24, 2.45) is 0 Å². The highest BCUT2D eigenvalue weighted by Crippen LogP contribution is 2.13. The molecule has 0 radical (unpaired) electrons. The van der Waals surface area contributed by atoms with Gasteiger partial charge in [-0.1, -0.05) is 30.3 Å². The van der Waals surface area contributed by atoms with Crippen molar-refractivity contribution in [3.8, 4) is 0 Å². The number of aliphatic carboxylic acids is 1. The number of rotatable bonds is 5. The van der Waals surface area contributed by atoms with Gasteiger partial charge in [0.25, 0.3) is 0 Å². The second kappa shape index (κ2) is 5.80. The van der Waals surface area contributed by atoms with Crippen LogP contribution in [0.4, 0.5) is 0 Å². The third kappa shape index (κ3) is 3.84. The van der Waals surface area contributed by atoms with Gasteiger partial charge in [0.2, 0.25) is 0 Å². The maximum absolute atomic E-state index is 10.5. The molecule has 1 aromatic rings. The molecule has 1 aromatic carbocycles.